The fraction of sp³-hybridized carbons (Fsp3) is 0.567. The Bertz CT molecular complexity index is 1060. The van der Waals surface area contributed by atoms with Crippen LogP contribution in [0.4, 0.5) is 0 Å². The van der Waals surface area contributed by atoms with E-state index in [1.54, 1.807) is 7.11 Å². The van der Waals surface area contributed by atoms with Crippen molar-refractivity contribution >= 4 is 5.97 Å². The van der Waals surface area contributed by atoms with Crippen LogP contribution in [0.3, 0.4) is 0 Å². The summed E-state index contributed by atoms with van der Waals surface area (Å²) in [5, 5.41) is 15.5. The second-order valence-electron chi connectivity index (χ2n) is 11.2. The lowest BCUT2D eigenvalue weighted by molar-refractivity contribution is -0.144. The number of nitrogens with one attached hydrogen (secondary N) is 1. The van der Waals surface area contributed by atoms with Gasteiger partial charge in [0.2, 0.25) is 0 Å². The number of rotatable bonds is 7. The van der Waals surface area contributed by atoms with Gasteiger partial charge >= 0.3 is 5.97 Å². The Balaban J connectivity index is 1.32. The molecule has 2 fully saturated rings. The van der Waals surface area contributed by atoms with Gasteiger partial charge in [0.05, 0.1) is 19.8 Å². The van der Waals surface area contributed by atoms with E-state index in [2.05, 4.69) is 30.4 Å². The SMILES string of the molecule is COC(=O)[C@H](Cc1ccccc1)NC[C@]1(O)CC[C@H]2[C@@H]3CCc4cc(OC)ccc4[C@H]3CC[C@@]21C. The highest BCUT2D eigenvalue weighted by molar-refractivity contribution is 5.76. The quantitative estimate of drug-likeness (QED) is 0.568. The molecule has 3 aliphatic carbocycles. The van der Waals surface area contributed by atoms with Crippen LogP contribution in [0.1, 0.15) is 61.6 Å². The summed E-state index contributed by atoms with van der Waals surface area (Å²) >= 11 is 0. The summed E-state index contributed by atoms with van der Waals surface area (Å²) in [6, 6.07) is 16.1. The number of carbonyl (C=O) groups is 1. The fourth-order valence-corrected chi connectivity index (χ4v) is 7.61. The number of benzene rings is 2. The summed E-state index contributed by atoms with van der Waals surface area (Å²) in [5.74, 6) is 2.33. The van der Waals surface area contributed by atoms with Crippen LogP contribution >= 0.6 is 0 Å². The molecule has 2 aromatic carbocycles. The minimum Gasteiger partial charge on any atom is -0.497 e. The maximum Gasteiger partial charge on any atom is 0.323 e. The number of aryl methyl sites for hydroxylation is 1. The molecule has 0 aliphatic heterocycles. The summed E-state index contributed by atoms with van der Waals surface area (Å²) in [5.41, 5.74) is 3.03. The first-order valence-electron chi connectivity index (χ1n) is 13.1. The lowest BCUT2D eigenvalue weighted by Gasteiger charge is -2.53. The van der Waals surface area contributed by atoms with E-state index in [-0.39, 0.29) is 11.4 Å². The highest BCUT2D eigenvalue weighted by atomic mass is 16.5. The molecule has 0 radical (unpaired) electrons. The zero-order valence-electron chi connectivity index (χ0n) is 21.3. The number of ether oxygens (including phenoxy) is 2. The molecule has 5 nitrogen and oxygen atoms in total. The first-order valence-corrected chi connectivity index (χ1v) is 13.1. The van der Waals surface area contributed by atoms with E-state index < -0.39 is 11.6 Å². The first-order chi connectivity index (χ1) is 16.9. The van der Waals surface area contributed by atoms with Gasteiger partial charge in [0.25, 0.3) is 0 Å². The summed E-state index contributed by atoms with van der Waals surface area (Å²) in [6.45, 7) is 2.72. The van der Waals surface area contributed by atoms with E-state index in [0.717, 1.165) is 43.4 Å². The first kappa shape index (κ1) is 24.3. The van der Waals surface area contributed by atoms with Crippen LogP contribution in [-0.2, 0) is 22.4 Å². The summed E-state index contributed by atoms with van der Waals surface area (Å²) in [7, 11) is 3.17. The molecule has 2 saturated carbocycles. The van der Waals surface area contributed by atoms with Crippen LogP contribution in [0.5, 0.6) is 5.75 Å². The van der Waals surface area contributed by atoms with Gasteiger partial charge in [-0.05, 0) is 91.5 Å². The van der Waals surface area contributed by atoms with Gasteiger partial charge in [-0.3, -0.25) is 4.79 Å². The predicted octanol–water partition coefficient (Wildman–Crippen LogP) is 4.66. The smallest absolute Gasteiger partial charge is 0.323 e. The van der Waals surface area contributed by atoms with Gasteiger partial charge in [-0.1, -0.05) is 43.3 Å². The van der Waals surface area contributed by atoms with Gasteiger partial charge in [0, 0.05) is 12.0 Å². The van der Waals surface area contributed by atoms with Gasteiger partial charge in [0.15, 0.2) is 0 Å². The molecule has 0 unspecified atom stereocenters. The second-order valence-corrected chi connectivity index (χ2v) is 11.2. The van der Waals surface area contributed by atoms with Crippen molar-refractivity contribution in [2.24, 2.45) is 17.3 Å². The average molecular weight is 478 g/mol. The van der Waals surface area contributed by atoms with Crippen molar-refractivity contribution in [3.63, 3.8) is 0 Å². The molecule has 6 atom stereocenters. The third-order valence-corrected chi connectivity index (χ3v) is 9.66. The van der Waals surface area contributed by atoms with E-state index >= 15 is 0 Å². The van der Waals surface area contributed by atoms with Crippen LogP contribution < -0.4 is 10.1 Å². The van der Waals surface area contributed by atoms with Crippen LogP contribution in [-0.4, -0.2) is 43.5 Å². The molecule has 2 N–H and O–H groups in total. The number of carbonyl (C=O) groups excluding carboxylic acids is 1. The molecule has 0 bridgehead atoms. The summed E-state index contributed by atoms with van der Waals surface area (Å²) in [6.07, 6.45) is 6.73. The Kier molecular flexibility index (Phi) is 6.67. The van der Waals surface area contributed by atoms with Crippen molar-refractivity contribution in [3.05, 3.63) is 65.2 Å². The molecule has 2 aromatic rings. The maximum atomic E-state index is 12.6. The molecule has 3 aliphatic rings. The van der Waals surface area contributed by atoms with Crippen molar-refractivity contribution in [2.75, 3.05) is 20.8 Å². The van der Waals surface area contributed by atoms with Gasteiger partial charge < -0.3 is 19.9 Å². The Hall–Kier alpha value is -2.37. The van der Waals surface area contributed by atoms with Gasteiger partial charge in [0.1, 0.15) is 11.8 Å². The Morgan fingerprint density at radius 3 is 2.66 bits per heavy atom. The van der Waals surface area contributed by atoms with Crippen molar-refractivity contribution in [2.45, 2.75) is 69.4 Å². The van der Waals surface area contributed by atoms with E-state index in [9.17, 15) is 9.90 Å². The maximum absolute atomic E-state index is 12.6. The van der Waals surface area contributed by atoms with Crippen LogP contribution in [0.15, 0.2) is 48.5 Å². The highest BCUT2D eigenvalue weighted by Crippen LogP contribution is 2.64. The van der Waals surface area contributed by atoms with Gasteiger partial charge in [-0.15, -0.1) is 0 Å². The summed E-state index contributed by atoms with van der Waals surface area (Å²) in [4.78, 5) is 12.6. The number of esters is 1. The molecule has 0 spiro atoms. The molecule has 0 aromatic heterocycles. The minimum atomic E-state index is -0.828. The topological polar surface area (TPSA) is 67.8 Å². The minimum absolute atomic E-state index is 0.154. The van der Waals surface area contributed by atoms with E-state index in [0.29, 0.717) is 30.7 Å². The summed E-state index contributed by atoms with van der Waals surface area (Å²) < 4.78 is 10.6. The van der Waals surface area contributed by atoms with Crippen LogP contribution in [0.2, 0.25) is 0 Å². The Labute approximate surface area is 209 Å². The highest BCUT2D eigenvalue weighted by Gasteiger charge is 2.61. The molecular weight excluding hydrogens is 438 g/mol. The lowest BCUT2D eigenvalue weighted by Crippen LogP contribution is -2.57. The molecule has 35 heavy (non-hydrogen) atoms. The molecule has 0 amide bonds. The molecule has 0 heterocycles. The number of hydrogen-bond acceptors (Lipinski definition) is 5. The monoisotopic (exact) mass is 477 g/mol. The number of methoxy groups -OCH3 is 2. The molecular formula is C30H39NO4. The molecule has 5 heteroatoms. The average Bonchev–Trinajstić information content (AvgIpc) is 3.16. The van der Waals surface area contributed by atoms with Crippen molar-refractivity contribution in [1.29, 1.82) is 0 Å². The van der Waals surface area contributed by atoms with E-state index in [4.69, 9.17) is 9.47 Å². The Morgan fingerprint density at radius 2 is 1.91 bits per heavy atom. The molecule has 188 valence electrons. The zero-order valence-corrected chi connectivity index (χ0v) is 21.3. The van der Waals surface area contributed by atoms with Gasteiger partial charge in [-0.2, -0.15) is 0 Å². The fourth-order valence-electron chi connectivity index (χ4n) is 7.61. The predicted molar refractivity (Wildman–Crippen MR) is 137 cm³/mol. The largest absolute Gasteiger partial charge is 0.497 e. The lowest BCUT2D eigenvalue weighted by atomic mass is 9.53. The van der Waals surface area contributed by atoms with Crippen molar-refractivity contribution < 1.29 is 19.4 Å². The van der Waals surface area contributed by atoms with Gasteiger partial charge in [-0.25, -0.2) is 0 Å². The second kappa shape index (κ2) is 9.59. The van der Waals surface area contributed by atoms with Crippen molar-refractivity contribution in [1.82, 2.24) is 5.32 Å². The number of aliphatic hydroxyl groups is 1. The third kappa shape index (κ3) is 4.27. The van der Waals surface area contributed by atoms with Crippen LogP contribution in [0, 0.1) is 17.3 Å². The van der Waals surface area contributed by atoms with E-state index in [1.807, 2.05) is 30.3 Å². The van der Waals surface area contributed by atoms with E-state index in [1.165, 1.54) is 24.7 Å². The molecule has 5 rings (SSSR count). The zero-order chi connectivity index (χ0) is 24.6. The van der Waals surface area contributed by atoms with Crippen LogP contribution in [0.25, 0.3) is 0 Å². The number of fused-ring (bicyclic) bond motifs is 5. The standard InChI is InChI=1S/C30H39NO4/c1-29-15-13-24-23-12-10-22(34-2)18-21(23)9-11-25(24)26(29)14-16-30(29,33)19-31-27(28(32)35-3)17-20-7-5-4-6-8-20/h4-8,10,12,18,24-27,31,33H,9,11,13-17,19H2,1-3H3/t24-,25-,26+,27+,29+,30-/m1/s1. The normalized spacial score (nSPS) is 32.2. The third-order valence-electron chi connectivity index (χ3n) is 9.66. The molecule has 0 saturated heterocycles. The van der Waals surface area contributed by atoms with Crippen molar-refractivity contribution in [3.8, 4) is 5.75 Å². The Morgan fingerprint density at radius 1 is 1.11 bits per heavy atom. The number of hydrogen-bond donors (Lipinski definition) is 2.